The second-order valence-corrected chi connectivity index (χ2v) is 9.64. The van der Waals surface area contributed by atoms with Crippen molar-refractivity contribution in [1.82, 2.24) is 16.0 Å². The third kappa shape index (κ3) is 12.2. The maximum absolute atomic E-state index is 12.9. The lowest BCUT2D eigenvalue weighted by atomic mass is 9.97. The van der Waals surface area contributed by atoms with E-state index in [-0.39, 0.29) is 12.3 Å². The van der Waals surface area contributed by atoms with Gasteiger partial charge in [0.05, 0.1) is 12.5 Å². The highest BCUT2D eigenvalue weighted by Gasteiger charge is 2.33. The van der Waals surface area contributed by atoms with E-state index in [4.69, 9.17) is 11.5 Å². The van der Waals surface area contributed by atoms with E-state index in [9.17, 15) is 29.1 Å². The minimum absolute atomic E-state index is 0.220. The average Bonchev–Trinajstić information content (AvgIpc) is 2.76. The largest absolute Gasteiger partial charge is 0.480 e. The molecular formula is C20H37N5O6S2. The van der Waals surface area contributed by atoms with Crippen LogP contribution < -0.4 is 27.4 Å². The molecule has 5 atom stereocenters. The minimum Gasteiger partial charge on any atom is -0.480 e. The summed E-state index contributed by atoms with van der Waals surface area (Å²) < 4.78 is 0. The van der Waals surface area contributed by atoms with Gasteiger partial charge in [-0.1, -0.05) is 20.3 Å². The average molecular weight is 508 g/mol. The number of carboxylic acids is 1. The lowest BCUT2D eigenvalue weighted by Gasteiger charge is -2.27. The zero-order valence-corrected chi connectivity index (χ0v) is 21.2. The SMILES string of the molecule is CCC(C)C(NC(=O)C(CC(N)=O)NC(=O)C(N)CCSC)C(=O)NC(CCSC)C(=O)O. The Labute approximate surface area is 203 Å². The van der Waals surface area contributed by atoms with Crippen LogP contribution in [-0.4, -0.2) is 82.9 Å². The molecule has 0 aliphatic rings. The number of aliphatic carboxylic acids is 1. The Bertz CT molecular complexity index is 681. The van der Waals surface area contributed by atoms with Gasteiger partial charge >= 0.3 is 5.97 Å². The summed E-state index contributed by atoms with van der Waals surface area (Å²) in [5, 5.41) is 16.8. The van der Waals surface area contributed by atoms with Crippen LogP contribution in [0.1, 0.15) is 39.5 Å². The van der Waals surface area contributed by atoms with Crippen molar-refractivity contribution in [3.8, 4) is 0 Å². The van der Waals surface area contributed by atoms with Gasteiger partial charge in [-0.15, -0.1) is 0 Å². The maximum Gasteiger partial charge on any atom is 0.326 e. The Morgan fingerprint density at radius 3 is 1.91 bits per heavy atom. The van der Waals surface area contributed by atoms with Gasteiger partial charge in [-0.2, -0.15) is 23.5 Å². The van der Waals surface area contributed by atoms with Gasteiger partial charge in [-0.25, -0.2) is 4.79 Å². The molecular weight excluding hydrogens is 470 g/mol. The molecule has 0 saturated heterocycles. The van der Waals surface area contributed by atoms with Gasteiger partial charge in [0.1, 0.15) is 18.1 Å². The molecule has 11 nitrogen and oxygen atoms in total. The number of nitrogens with one attached hydrogen (secondary N) is 3. The molecule has 0 aliphatic heterocycles. The molecule has 0 aromatic carbocycles. The molecule has 0 aliphatic carbocycles. The van der Waals surface area contributed by atoms with Crippen LogP contribution in [0.25, 0.3) is 0 Å². The smallest absolute Gasteiger partial charge is 0.326 e. The number of thioether (sulfide) groups is 2. The van der Waals surface area contributed by atoms with Gasteiger partial charge in [-0.3, -0.25) is 19.2 Å². The van der Waals surface area contributed by atoms with Crippen LogP contribution in [-0.2, 0) is 24.0 Å². The van der Waals surface area contributed by atoms with Crippen LogP contribution in [0.4, 0.5) is 0 Å². The number of hydrogen-bond donors (Lipinski definition) is 6. The lowest BCUT2D eigenvalue weighted by molar-refractivity contribution is -0.142. The monoisotopic (exact) mass is 507 g/mol. The van der Waals surface area contributed by atoms with Crippen molar-refractivity contribution in [2.75, 3.05) is 24.0 Å². The second-order valence-electron chi connectivity index (χ2n) is 7.67. The van der Waals surface area contributed by atoms with Crippen molar-refractivity contribution >= 4 is 53.1 Å². The Morgan fingerprint density at radius 1 is 0.879 bits per heavy atom. The van der Waals surface area contributed by atoms with E-state index >= 15 is 0 Å². The fraction of sp³-hybridized carbons (Fsp3) is 0.750. The van der Waals surface area contributed by atoms with Crippen molar-refractivity contribution in [3.05, 3.63) is 0 Å². The molecule has 0 radical (unpaired) electrons. The Kier molecular flexibility index (Phi) is 15.6. The first-order chi connectivity index (χ1) is 15.5. The normalized spacial score (nSPS) is 15.4. The van der Waals surface area contributed by atoms with Crippen LogP contribution in [0.2, 0.25) is 0 Å². The predicted octanol–water partition coefficient (Wildman–Crippen LogP) is -0.720. The van der Waals surface area contributed by atoms with Gasteiger partial charge in [0.2, 0.25) is 23.6 Å². The minimum atomic E-state index is -1.32. The standard InChI is InChI=1S/C20H37N5O6S2/c1-5-11(2)16(19(29)23-13(20(30)31)7-9-33-4)25-18(28)14(10-15(22)26)24-17(27)12(21)6-8-32-3/h11-14,16H,5-10,21H2,1-4H3,(H2,22,26)(H,23,29)(H,24,27)(H,25,28)(H,30,31). The Balaban J connectivity index is 5.49. The summed E-state index contributed by atoms with van der Waals surface area (Å²) >= 11 is 2.96. The quantitative estimate of drug-likeness (QED) is 0.147. The van der Waals surface area contributed by atoms with Gasteiger partial charge in [-0.05, 0) is 42.8 Å². The first-order valence-electron chi connectivity index (χ1n) is 10.6. The fourth-order valence-corrected chi connectivity index (χ4v) is 3.74. The fourth-order valence-electron chi connectivity index (χ4n) is 2.78. The number of nitrogens with two attached hydrogens (primary N) is 2. The first-order valence-corrected chi connectivity index (χ1v) is 13.4. The highest BCUT2D eigenvalue weighted by Crippen LogP contribution is 2.11. The number of rotatable bonds is 17. The van der Waals surface area contributed by atoms with Crippen LogP contribution in [0.15, 0.2) is 0 Å². The van der Waals surface area contributed by atoms with Gasteiger partial charge < -0.3 is 32.5 Å². The number of hydrogen-bond acceptors (Lipinski definition) is 8. The first kappa shape index (κ1) is 31.0. The van der Waals surface area contributed by atoms with E-state index in [0.717, 1.165) is 0 Å². The van der Waals surface area contributed by atoms with Gasteiger partial charge in [0, 0.05) is 0 Å². The third-order valence-corrected chi connectivity index (χ3v) is 6.31. The topological polar surface area (TPSA) is 194 Å². The van der Waals surface area contributed by atoms with Crippen LogP contribution in [0.3, 0.4) is 0 Å². The van der Waals surface area contributed by atoms with E-state index in [2.05, 4.69) is 16.0 Å². The zero-order valence-electron chi connectivity index (χ0n) is 19.6. The Hall–Kier alpha value is -1.99. The molecule has 4 amide bonds. The van der Waals surface area contributed by atoms with E-state index in [1.54, 1.807) is 6.92 Å². The number of carbonyl (C=O) groups is 5. The van der Waals surface area contributed by atoms with E-state index in [1.807, 2.05) is 19.4 Å². The summed E-state index contributed by atoms with van der Waals surface area (Å²) in [6.45, 7) is 3.54. The molecule has 0 aromatic rings. The summed E-state index contributed by atoms with van der Waals surface area (Å²) in [5.41, 5.74) is 11.1. The highest BCUT2D eigenvalue weighted by molar-refractivity contribution is 7.98. The summed E-state index contributed by atoms with van der Waals surface area (Å²) in [6.07, 6.45) is 4.31. The molecule has 33 heavy (non-hydrogen) atoms. The van der Waals surface area contributed by atoms with E-state index in [0.29, 0.717) is 24.3 Å². The molecule has 8 N–H and O–H groups in total. The molecule has 0 aromatic heterocycles. The lowest BCUT2D eigenvalue weighted by Crippen LogP contribution is -2.59. The number of carbonyl (C=O) groups excluding carboxylic acids is 4. The maximum atomic E-state index is 12.9. The van der Waals surface area contributed by atoms with Gasteiger partial charge in [0.15, 0.2) is 0 Å². The summed E-state index contributed by atoms with van der Waals surface area (Å²) in [6, 6.07) is -4.37. The van der Waals surface area contributed by atoms with Crippen molar-refractivity contribution in [3.63, 3.8) is 0 Å². The summed E-state index contributed by atoms with van der Waals surface area (Å²) in [4.78, 5) is 61.1. The number of primary amides is 1. The van der Waals surface area contributed by atoms with E-state index in [1.165, 1.54) is 23.5 Å². The van der Waals surface area contributed by atoms with Crippen molar-refractivity contribution in [2.45, 2.75) is 63.7 Å². The van der Waals surface area contributed by atoms with Gasteiger partial charge in [0.25, 0.3) is 0 Å². The van der Waals surface area contributed by atoms with Crippen molar-refractivity contribution in [1.29, 1.82) is 0 Å². The molecule has 190 valence electrons. The van der Waals surface area contributed by atoms with Crippen LogP contribution >= 0.6 is 23.5 Å². The molecule has 0 heterocycles. The molecule has 0 rings (SSSR count). The van der Waals surface area contributed by atoms with Crippen LogP contribution in [0.5, 0.6) is 0 Å². The molecule has 5 unspecified atom stereocenters. The molecule has 13 heteroatoms. The summed E-state index contributed by atoms with van der Waals surface area (Å²) in [7, 11) is 0. The second kappa shape index (κ2) is 16.6. The summed E-state index contributed by atoms with van der Waals surface area (Å²) in [5.74, 6) is -3.23. The third-order valence-electron chi connectivity index (χ3n) is 5.03. The van der Waals surface area contributed by atoms with Crippen molar-refractivity contribution < 1.29 is 29.1 Å². The number of amides is 4. The molecule has 0 saturated carbocycles. The predicted molar refractivity (Wildman–Crippen MR) is 131 cm³/mol. The van der Waals surface area contributed by atoms with Crippen molar-refractivity contribution in [2.24, 2.45) is 17.4 Å². The van der Waals surface area contributed by atoms with Crippen LogP contribution in [0, 0.1) is 5.92 Å². The van der Waals surface area contributed by atoms with E-state index < -0.39 is 60.2 Å². The molecule has 0 bridgehead atoms. The highest BCUT2D eigenvalue weighted by atomic mass is 32.2. The molecule has 0 fully saturated rings. The zero-order chi connectivity index (χ0) is 25.6. The molecule has 0 spiro atoms. The number of carboxylic acid groups (broad SMARTS) is 1. The Morgan fingerprint density at radius 2 is 1.42 bits per heavy atom.